The van der Waals surface area contributed by atoms with Crippen LogP contribution in [0.15, 0.2) is 48.8 Å². The largest absolute Gasteiger partial charge is 0.493 e. The first-order valence-corrected chi connectivity index (χ1v) is 8.11. The van der Waals surface area contributed by atoms with Crippen molar-refractivity contribution in [1.82, 2.24) is 9.97 Å². The molecule has 0 unspecified atom stereocenters. The van der Waals surface area contributed by atoms with Gasteiger partial charge in [-0.1, -0.05) is 11.6 Å². The number of ether oxygens (including phenoxy) is 1. The van der Waals surface area contributed by atoms with Crippen LogP contribution in [0.1, 0.15) is 6.42 Å². The molecule has 2 atom stereocenters. The molecule has 0 aliphatic heterocycles. The highest BCUT2D eigenvalue weighted by molar-refractivity contribution is 6.29. The number of anilines is 2. The van der Waals surface area contributed by atoms with Gasteiger partial charge in [-0.2, -0.15) is 0 Å². The fraction of sp³-hybridized carbons (Fsp3) is 0.222. The molecule has 2 heterocycles. The number of nitrogens with zero attached hydrogens (tertiary/aromatic N) is 2. The highest BCUT2D eigenvalue weighted by atomic mass is 35.5. The predicted molar refractivity (Wildman–Crippen MR) is 92.8 cm³/mol. The molecule has 3 aromatic rings. The minimum Gasteiger partial charge on any atom is -0.493 e. The van der Waals surface area contributed by atoms with Crippen molar-refractivity contribution in [1.29, 1.82) is 0 Å². The zero-order valence-corrected chi connectivity index (χ0v) is 13.5. The Balaban J connectivity index is 1.56. The normalized spacial score (nSPS) is 19.2. The Morgan fingerprint density at radius 2 is 2.08 bits per heavy atom. The van der Waals surface area contributed by atoms with Gasteiger partial charge in [-0.25, -0.2) is 14.4 Å². The van der Waals surface area contributed by atoms with Gasteiger partial charge in [0.15, 0.2) is 0 Å². The molecule has 1 fully saturated rings. The number of rotatable bonds is 5. The van der Waals surface area contributed by atoms with Crippen LogP contribution >= 0.6 is 11.6 Å². The molecule has 1 saturated carbocycles. The third-order valence-corrected chi connectivity index (χ3v) is 4.25. The maximum atomic E-state index is 12.9. The van der Waals surface area contributed by atoms with Crippen molar-refractivity contribution in [3.8, 4) is 5.75 Å². The van der Waals surface area contributed by atoms with E-state index in [4.69, 9.17) is 16.3 Å². The second-order valence-electron chi connectivity index (χ2n) is 5.86. The molecular formula is C18H15ClFN3O. The average Bonchev–Trinajstić information content (AvgIpc) is 3.30. The van der Waals surface area contributed by atoms with Crippen LogP contribution in [0.2, 0.25) is 5.15 Å². The van der Waals surface area contributed by atoms with Gasteiger partial charge in [-0.05, 0) is 48.2 Å². The number of halogens is 2. The first-order valence-electron chi connectivity index (χ1n) is 7.73. The smallest absolute Gasteiger partial charge is 0.138 e. The van der Waals surface area contributed by atoms with Crippen molar-refractivity contribution in [2.45, 2.75) is 12.6 Å². The van der Waals surface area contributed by atoms with E-state index >= 15 is 0 Å². The highest BCUT2D eigenvalue weighted by Crippen LogP contribution is 2.34. The predicted octanol–water partition coefficient (Wildman–Crippen LogP) is 4.76. The SMILES string of the molecule is F[C@@H]1C[C@H]1COc1ccc2c(Nc3ccc(Cl)nc3)nccc2c1. The molecule has 0 spiro atoms. The van der Waals surface area contributed by atoms with E-state index in [2.05, 4.69) is 15.3 Å². The van der Waals surface area contributed by atoms with Gasteiger partial charge in [0, 0.05) is 17.5 Å². The Bertz CT molecular complexity index is 872. The molecule has 2 aromatic heterocycles. The molecule has 1 aromatic carbocycles. The van der Waals surface area contributed by atoms with Gasteiger partial charge < -0.3 is 10.1 Å². The summed E-state index contributed by atoms with van der Waals surface area (Å²) >= 11 is 5.80. The van der Waals surface area contributed by atoms with Crippen LogP contribution in [0.4, 0.5) is 15.9 Å². The maximum Gasteiger partial charge on any atom is 0.138 e. The van der Waals surface area contributed by atoms with Crippen molar-refractivity contribution in [2.24, 2.45) is 5.92 Å². The van der Waals surface area contributed by atoms with Crippen LogP contribution < -0.4 is 10.1 Å². The Hall–Kier alpha value is -2.40. The summed E-state index contributed by atoms with van der Waals surface area (Å²) in [6.07, 6.45) is 3.30. The van der Waals surface area contributed by atoms with E-state index in [1.54, 1.807) is 18.5 Å². The Morgan fingerprint density at radius 3 is 2.83 bits per heavy atom. The summed E-state index contributed by atoms with van der Waals surface area (Å²) in [5.74, 6) is 1.52. The van der Waals surface area contributed by atoms with Crippen LogP contribution in [-0.2, 0) is 0 Å². The van der Waals surface area contributed by atoms with E-state index < -0.39 is 6.17 Å². The Labute approximate surface area is 143 Å². The van der Waals surface area contributed by atoms with Gasteiger partial charge >= 0.3 is 0 Å². The van der Waals surface area contributed by atoms with Crippen molar-refractivity contribution in [3.63, 3.8) is 0 Å². The number of aromatic nitrogens is 2. The summed E-state index contributed by atoms with van der Waals surface area (Å²) in [7, 11) is 0. The summed E-state index contributed by atoms with van der Waals surface area (Å²) < 4.78 is 18.6. The lowest BCUT2D eigenvalue weighted by molar-refractivity contribution is 0.279. The molecule has 0 radical (unpaired) electrons. The number of alkyl halides is 1. The van der Waals surface area contributed by atoms with E-state index in [-0.39, 0.29) is 5.92 Å². The summed E-state index contributed by atoms with van der Waals surface area (Å²) in [4.78, 5) is 8.43. The fourth-order valence-electron chi connectivity index (χ4n) is 2.52. The molecule has 4 nitrogen and oxygen atoms in total. The first kappa shape index (κ1) is 15.1. The lowest BCUT2D eigenvalue weighted by Gasteiger charge is -2.10. The maximum absolute atomic E-state index is 12.9. The van der Waals surface area contributed by atoms with E-state index in [9.17, 15) is 4.39 Å². The Morgan fingerprint density at radius 1 is 1.21 bits per heavy atom. The highest BCUT2D eigenvalue weighted by Gasteiger charge is 2.37. The lowest BCUT2D eigenvalue weighted by Crippen LogP contribution is -2.01. The standard InChI is InChI=1S/C18H15ClFN3O/c19-17-4-1-13(9-22-17)23-18-15-3-2-14(7-11(15)5-6-21-18)24-10-12-8-16(12)20/h1-7,9,12,16H,8,10H2,(H,21,23)/t12-,16+/m0/s1. The fourth-order valence-corrected chi connectivity index (χ4v) is 2.63. The number of fused-ring (bicyclic) bond motifs is 1. The van der Waals surface area contributed by atoms with Crippen molar-refractivity contribution in [2.75, 3.05) is 11.9 Å². The van der Waals surface area contributed by atoms with Crippen molar-refractivity contribution >= 4 is 33.9 Å². The number of benzene rings is 1. The summed E-state index contributed by atoms with van der Waals surface area (Å²) in [6.45, 7) is 0.430. The summed E-state index contributed by atoms with van der Waals surface area (Å²) in [6, 6.07) is 11.3. The van der Waals surface area contributed by atoms with Crippen LogP contribution in [-0.4, -0.2) is 22.7 Å². The second kappa shape index (κ2) is 6.24. The van der Waals surface area contributed by atoms with Crippen LogP contribution in [0.3, 0.4) is 0 Å². The number of nitrogens with one attached hydrogen (secondary N) is 1. The van der Waals surface area contributed by atoms with E-state index in [0.29, 0.717) is 18.2 Å². The number of pyridine rings is 2. The molecule has 24 heavy (non-hydrogen) atoms. The molecule has 1 N–H and O–H groups in total. The third kappa shape index (κ3) is 3.26. The summed E-state index contributed by atoms with van der Waals surface area (Å²) in [5, 5.41) is 5.65. The molecule has 0 amide bonds. The minimum atomic E-state index is -0.696. The third-order valence-electron chi connectivity index (χ3n) is 4.03. The van der Waals surface area contributed by atoms with Gasteiger partial charge in [0.2, 0.25) is 0 Å². The minimum absolute atomic E-state index is 0.0489. The molecule has 0 bridgehead atoms. The van der Waals surface area contributed by atoms with Crippen LogP contribution in [0, 0.1) is 5.92 Å². The molecule has 6 heteroatoms. The van der Waals surface area contributed by atoms with E-state index in [1.165, 1.54) is 0 Å². The molecule has 0 saturated heterocycles. The monoisotopic (exact) mass is 343 g/mol. The lowest BCUT2D eigenvalue weighted by atomic mass is 10.1. The van der Waals surface area contributed by atoms with Crippen molar-refractivity contribution < 1.29 is 9.13 Å². The average molecular weight is 344 g/mol. The molecule has 1 aliphatic carbocycles. The van der Waals surface area contributed by atoms with Crippen LogP contribution in [0.5, 0.6) is 5.75 Å². The van der Waals surface area contributed by atoms with Crippen molar-refractivity contribution in [3.05, 3.63) is 53.9 Å². The quantitative estimate of drug-likeness (QED) is 0.678. The number of hydrogen-bond donors (Lipinski definition) is 1. The molecular weight excluding hydrogens is 329 g/mol. The van der Waals surface area contributed by atoms with E-state index in [0.717, 1.165) is 28.0 Å². The number of hydrogen-bond acceptors (Lipinski definition) is 4. The summed E-state index contributed by atoms with van der Waals surface area (Å²) in [5.41, 5.74) is 0.808. The molecule has 4 rings (SSSR count). The Kier molecular flexibility index (Phi) is 3.94. The molecule has 1 aliphatic rings. The second-order valence-corrected chi connectivity index (χ2v) is 6.25. The van der Waals surface area contributed by atoms with Gasteiger partial charge in [-0.3, -0.25) is 0 Å². The first-order chi connectivity index (χ1) is 11.7. The van der Waals surface area contributed by atoms with Gasteiger partial charge in [0.1, 0.15) is 22.9 Å². The molecule has 122 valence electrons. The van der Waals surface area contributed by atoms with E-state index in [1.807, 2.05) is 30.3 Å². The van der Waals surface area contributed by atoms with Crippen LogP contribution in [0.25, 0.3) is 10.8 Å². The van der Waals surface area contributed by atoms with Gasteiger partial charge in [0.25, 0.3) is 0 Å². The van der Waals surface area contributed by atoms with Gasteiger partial charge in [-0.15, -0.1) is 0 Å². The topological polar surface area (TPSA) is 47.0 Å². The zero-order chi connectivity index (χ0) is 16.5. The zero-order valence-electron chi connectivity index (χ0n) is 12.7. The van der Waals surface area contributed by atoms with Gasteiger partial charge in [0.05, 0.1) is 18.5 Å².